The topological polar surface area (TPSA) is 49.3 Å². The molecule has 0 radical (unpaired) electrons. The third-order valence-electron chi connectivity index (χ3n) is 2.73. The van der Waals surface area contributed by atoms with Gasteiger partial charge in [-0.1, -0.05) is 42.0 Å². The highest BCUT2D eigenvalue weighted by molar-refractivity contribution is 5.94. The molecule has 0 aliphatic carbocycles. The summed E-state index contributed by atoms with van der Waals surface area (Å²) < 4.78 is 0. The predicted octanol–water partition coefficient (Wildman–Crippen LogP) is 3.31. The highest BCUT2D eigenvalue weighted by Crippen LogP contribution is 2.18. The zero-order chi connectivity index (χ0) is 13.0. The Labute approximate surface area is 106 Å². The quantitative estimate of drug-likeness (QED) is 0.863. The van der Waals surface area contributed by atoms with Crippen molar-refractivity contribution >= 4 is 11.7 Å². The van der Waals surface area contributed by atoms with Crippen molar-refractivity contribution < 1.29 is 9.90 Å². The normalized spacial score (nSPS) is 10.1. The van der Waals surface area contributed by atoms with Gasteiger partial charge in [0.05, 0.1) is 5.56 Å². The van der Waals surface area contributed by atoms with E-state index < -0.39 is 5.97 Å². The first-order chi connectivity index (χ1) is 8.66. The van der Waals surface area contributed by atoms with E-state index in [1.54, 1.807) is 6.07 Å². The van der Waals surface area contributed by atoms with Crippen LogP contribution in [0.2, 0.25) is 0 Å². The first kappa shape index (κ1) is 12.2. The Bertz CT molecular complexity index is 550. The first-order valence-corrected chi connectivity index (χ1v) is 5.78. The van der Waals surface area contributed by atoms with Gasteiger partial charge >= 0.3 is 5.97 Å². The van der Waals surface area contributed by atoms with E-state index in [-0.39, 0.29) is 0 Å². The number of hydrogen-bond donors (Lipinski definition) is 2. The minimum Gasteiger partial charge on any atom is -0.478 e. The van der Waals surface area contributed by atoms with Gasteiger partial charge in [0, 0.05) is 12.2 Å². The molecule has 0 fully saturated rings. The SMILES string of the molecule is Cc1ccc(NCc2ccccc2)c(C(=O)O)c1. The number of hydrogen-bond acceptors (Lipinski definition) is 2. The van der Waals surface area contributed by atoms with Crippen LogP contribution in [0.1, 0.15) is 21.5 Å². The summed E-state index contributed by atoms with van der Waals surface area (Å²) in [7, 11) is 0. The second-order valence-corrected chi connectivity index (χ2v) is 4.19. The van der Waals surface area contributed by atoms with Crippen molar-refractivity contribution in [3.63, 3.8) is 0 Å². The van der Waals surface area contributed by atoms with Gasteiger partial charge in [-0.05, 0) is 24.6 Å². The van der Waals surface area contributed by atoms with Crippen molar-refractivity contribution in [2.24, 2.45) is 0 Å². The number of aromatic carboxylic acids is 1. The monoisotopic (exact) mass is 241 g/mol. The summed E-state index contributed by atoms with van der Waals surface area (Å²) in [5, 5.41) is 12.3. The van der Waals surface area contributed by atoms with Crippen LogP contribution in [-0.2, 0) is 6.54 Å². The largest absolute Gasteiger partial charge is 0.478 e. The summed E-state index contributed by atoms with van der Waals surface area (Å²) in [5.41, 5.74) is 3.02. The Kier molecular flexibility index (Phi) is 3.63. The second-order valence-electron chi connectivity index (χ2n) is 4.19. The minimum atomic E-state index is -0.908. The van der Waals surface area contributed by atoms with Gasteiger partial charge in [0.15, 0.2) is 0 Å². The fourth-order valence-electron chi connectivity index (χ4n) is 1.78. The van der Waals surface area contributed by atoms with E-state index in [0.717, 1.165) is 11.1 Å². The van der Waals surface area contributed by atoms with Crippen molar-refractivity contribution in [1.29, 1.82) is 0 Å². The number of carbonyl (C=O) groups is 1. The molecule has 2 rings (SSSR count). The third-order valence-corrected chi connectivity index (χ3v) is 2.73. The second kappa shape index (κ2) is 5.36. The molecule has 2 aromatic rings. The summed E-state index contributed by atoms with van der Waals surface area (Å²) in [5.74, 6) is -0.908. The van der Waals surface area contributed by atoms with Crippen molar-refractivity contribution in [2.75, 3.05) is 5.32 Å². The molecular weight excluding hydrogens is 226 g/mol. The molecule has 0 saturated heterocycles. The number of carboxylic acids is 1. The predicted molar refractivity (Wildman–Crippen MR) is 71.9 cm³/mol. The molecule has 3 heteroatoms. The summed E-state index contributed by atoms with van der Waals surface area (Å²) in [4.78, 5) is 11.1. The molecule has 2 aromatic carbocycles. The Balaban J connectivity index is 2.17. The Morgan fingerprint density at radius 1 is 1.17 bits per heavy atom. The van der Waals surface area contributed by atoms with Gasteiger partial charge in [0.25, 0.3) is 0 Å². The molecule has 0 aliphatic heterocycles. The van der Waals surface area contributed by atoms with Crippen LogP contribution in [0.3, 0.4) is 0 Å². The van der Waals surface area contributed by atoms with Gasteiger partial charge in [-0.3, -0.25) is 0 Å². The molecule has 0 spiro atoms. The highest BCUT2D eigenvalue weighted by Gasteiger charge is 2.09. The van der Waals surface area contributed by atoms with Gasteiger partial charge in [0.1, 0.15) is 0 Å². The molecule has 0 saturated carbocycles. The average Bonchev–Trinajstić information content (AvgIpc) is 2.38. The van der Waals surface area contributed by atoms with Crippen molar-refractivity contribution in [2.45, 2.75) is 13.5 Å². The number of rotatable bonds is 4. The maximum atomic E-state index is 11.1. The van der Waals surface area contributed by atoms with Crippen LogP contribution in [0.4, 0.5) is 5.69 Å². The molecule has 0 aromatic heterocycles. The fraction of sp³-hybridized carbons (Fsp3) is 0.133. The van der Waals surface area contributed by atoms with Crippen LogP contribution in [0.25, 0.3) is 0 Å². The van der Waals surface area contributed by atoms with E-state index >= 15 is 0 Å². The smallest absolute Gasteiger partial charge is 0.337 e. The summed E-state index contributed by atoms with van der Waals surface area (Å²) in [6.45, 7) is 2.50. The van der Waals surface area contributed by atoms with E-state index in [0.29, 0.717) is 17.8 Å². The summed E-state index contributed by atoms with van der Waals surface area (Å²) >= 11 is 0. The zero-order valence-corrected chi connectivity index (χ0v) is 10.2. The van der Waals surface area contributed by atoms with Gasteiger partial charge in [-0.25, -0.2) is 4.79 Å². The lowest BCUT2D eigenvalue weighted by atomic mass is 10.1. The van der Waals surface area contributed by atoms with Gasteiger partial charge in [-0.2, -0.15) is 0 Å². The van der Waals surface area contributed by atoms with Crippen LogP contribution in [-0.4, -0.2) is 11.1 Å². The van der Waals surface area contributed by atoms with Crippen LogP contribution in [0.5, 0.6) is 0 Å². The standard InChI is InChI=1S/C15H15NO2/c1-11-7-8-14(13(9-11)15(17)18)16-10-12-5-3-2-4-6-12/h2-9,16H,10H2,1H3,(H,17,18). The molecule has 0 bridgehead atoms. The highest BCUT2D eigenvalue weighted by atomic mass is 16.4. The van der Waals surface area contributed by atoms with Gasteiger partial charge in [-0.15, -0.1) is 0 Å². The molecule has 0 atom stereocenters. The van der Waals surface area contributed by atoms with Gasteiger partial charge < -0.3 is 10.4 Å². The molecular formula is C15H15NO2. The van der Waals surface area contributed by atoms with E-state index in [2.05, 4.69) is 5.32 Å². The Morgan fingerprint density at radius 2 is 1.89 bits per heavy atom. The molecule has 0 unspecified atom stereocenters. The average molecular weight is 241 g/mol. The minimum absolute atomic E-state index is 0.311. The maximum absolute atomic E-state index is 11.1. The van der Waals surface area contributed by atoms with Gasteiger partial charge in [0.2, 0.25) is 0 Å². The Morgan fingerprint density at radius 3 is 2.56 bits per heavy atom. The van der Waals surface area contributed by atoms with Crippen LogP contribution in [0, 0.1) is 6.92 Å². The van der Waals surface area contributed by atoms with E-state index in [9.17, 15) is 4.79 Å². The zero-order valence-electron chi connectivity index (χ0n) is 10.2. The van der Waals surface area contributed by atoms with Crippen LogP contribution in [0.15, 0.2) is 48.5 Å². The van der Waals surface area contributed by atoms with E-state index in [4.69, 9.17) is 5.11 Å². The molecule has 0 heterocycles. The number of nitrogens with one attached hydrogen (secondary N) is 1. The lowest BCUT2D eigenvalue weighted by Crippen LogP contribution is -2.06. The summed E-state index contributed by atoms with van der Waals surface area (Å²) in [6.07, 6.45) is 0. The third kappa shape index (κ3) is 2.88. The lowest BCUT2D eigenvalue weighted by Gasteiger charge is -2.10. The van der Waals surface area contributed by atoms with E-state index in [1.807, 2.05) is 49.4 Å². The molecule has 2 N–H and O–H groups in total. The molecule has 92 valence electrons. The number of carboxylic acid groups (broad SMARTS) is 1. The number of aryl methyl sites for hydroxylation is 1. The van der Waals surface area contributed by atoms with Crippen molar-refractivity contribution in [1.82, 2.24) is 0 Å². The van der Waals surface area contributed by atoms with Crippen molar-refractivity contribution in [3.8, 4) is 0 Å². The fourth-order valence-corrected chi connectivity index (χ4v) is 1.78. The summed E-state index contributed by atoms with van der Waals surface area (Å²) in [6, 6.07) is 15.3. The maximum Gasteiger partial charge on any atom is 0.337 e. The number of benzene rings is 2. The van der Waals surface area contributed by atoms with Crippen LogP contribution >= 0.6 is 0 Å². The van der Waals surface area contributed by atoms with Crippen molar-refractivity contribution in [3.05, 3.63) is 65.2 Å². The molecule has 18 heavy (non-hydrogen) atoms. The lowest BCUT2D eigenvalue weighted by molar-refractivity contribution is 0.0698. The van der Waals surface area contributed by atoms with Crippen LogP contribution < -0.4 is 5.32 Å². The molecule has 3 nitrogen and oxygen atoms in total. The number of anilines is 1. The Hall–Kier alpha value is -2.29. The van der Waals surface area contributed by atoms with E-state index in [1.165, 1.54) is 0 Å². The molecule has 0 amide bonds. The molecule has 0 aliphatic rings. The first-order valence-electron chi connectivity index (χ1n) is 5.78.